The van der Waals surface area contributed by atoms with E-state index in [1.165, 1.54) is 0 Å². The van der Waals surface area contributed by atoms with E-state index in [-0.39, 0.29) is 0 Å². The van der Waals surface area contributed by atoms with Crippen molar-refractivity contribution in [1.29, 1.82) is 0 Å². The third kappa shape index (κ3) is 4.37. The van der Waals surface area contributed by atoms with Crippen LogP contribution in [0.15, 0.2) is 0 Å². The molecule has 0 spiro atoms. The lowest BCUT2D eigenvalue weighted by Crippen LogP contribution is -2.59. The van der Waals surface area contributed by atoms with Crippen LogP contribution in [0.1, 0.15) is 64.2 Å². The third-order valence-corrected chi connectivity index (χ3v) is 6.74. The molecule has 0 aromatic carbocycles. The Morgan fingerprint density at radius 1 is 0.952 bits per heavy atom. The van der Waals surface area contributed by atoms with Crippen LogP contribution in [0.5, 0.6) is 0 Å². The molecule has 0 aromatic heterocycles. The lowest BCUT2D eigenvalue weighted by molar-refractivity contribution is 0.381. The Morgan fingerprint density at radius 3 is 1.90 bits per heavy atom. The maximum Gasteiger partial charge on any atom is 0.280 e. The molecule has 7 heteroatoms. The minimum absolute atomic E-state index is 0.294. The van der Waals surface area contributed by atoms with Crippen molar-refractivity contribution in [3.63, 3.8) is 0 Å². The molecule has 1 saturated carbocycles. The molecule has 1 heterocycles. The Bertz CT molecular complexity index is 449. The average Bonchev–Trinajstić information content (AvgIpc) is 2.81. The van der Waals surface area contributed by atoms with Crippen molar-refractivity contribution in [2.45, 2.75) is 69.7 Å². The first-order valence-electron chi connectivity index (χ1n) is 8.05. The van der Waals surface area contributed by atoms with E-state index in [1.54, 1.807) is 4.31 Å². The number of hydrogen-bond donors (Lipinski definition) is 2. The molecule has 3 N–H and O–H groups in total. The van der Waals surface area contributed by atoms with Gasteiger partial charge >= 0.3 is 0 Å². The van der Waals surface area contributed by atoms with Crippen molar-refractivity contribution < 1.29 is 8.42 Å². The monoisotopic (exact) mass is 333 g/mol. The number of thiocarbonyl (C=S) groups is 1. The van der Waals surface area contributed by atoms with Gasteiger partial charge in [-0.1, -0.05) is 50.7 Å². The molecule has 0 unspecified atom stereocenters. The highest BCUT2D eigenvalue weighted by Crippen LogP contribution is 2.29. The summed E-state index contributed by atoms with van der Waals surface area (Å²) in [5.41, 5.74) is 5.20. The molecule has 1 aliphatic heterocycles. The van der Waals surface area contributed by atoms with Crippen LogP contribution in [-0.4, -0.2) is 36.3 Å². The van der Waals surface area contributed by atoms with Gasteiger partial charge in [0.25, 0.3) is 10.2 Å². The average molecular weight is 334 g/mol. The van der Waals surface area contributed by atoms with Gasteiger partial charge in [0.1, 0.15) is 0 Å². The molecule has 0 amide bonds. The molecule has 21 heavy (non-hydrogen) atoms. The lowest BCUT2D eigenvalue weighted by Gasteiger charge is -2.34. The minimum Gasteiger partial charge on any atom is -0.392 e. The Hall–Kier alpha value is -0.240. The number of rotatable bonds is 4. The number of nitrogens with zero attached hydrogens (tertiary/aromatic N) is 1. The third-order valence-electron chi connectivity index (χ3n) is 4.66. The van der Waals surface area contributed by atoms with Gasteiger partial charge in [-0.05, 0) is 25.7 Å². The zero-order chi connectivity index (χ0) is 15.3. The summed E-state index contributed by atoms with van der Waals surface area (Å²) in [6.45, 7) is 1.20. The van der Waals surface area contributed by atoms with Gasteiger partial charge < -0.3 is 5.73 Å². The van der Waals surface area contributed by atoms with Crippen molar-refractivity contribution in [2.24, 2.45) is 5.73 Å². The van der Waals surface area contributed by atoms with Gasteiger partial charge in [-0.3, -0.25) is 0 Å². The van der Waals surface area contributed by atoms with Gasteiger partial charge in [-0.25, -0.2) is 0 Å². The summed E-state index contributed by atoms with van der Waals surface area (Å²) in [6.07, 6.45) is 9.69. The molecule has 2 aliphatic rings. The molecular formula is C14H27N3O2S2. The summed E-state index contributed by atoms with van der Waals surface area (Å²) in [6, 6.07) is 0. The highest BCUT2D eigenvalue weighted by atomic mass is 32.2. The zero-order valence-corrected chi connectivity index (χ0v) is 14.3. The van der Waals surface area contributed by atoms with Gasteiger partial charge in [-0.15, -0.1) is 0 Å². The van der Waals surface area contributed by atoms with E-state index in [2.05, 4.69) is 4.72 Å². The van der Waals surface area contributed by atoms with E-state index in [1.807, 2.05) is 0 Å². The van der Waals surface area contributed by atoms with Crippen molar-refractivity contribution >= 4 is 27.4 Å². The van der Waals surface area contributed by atoms with Gasteiger partial charge in [0.15, 0.2) is 0 Å². The van der Waals surface area contributed by atoms with Crippen molar-refractivity contribution in [2.75, 3.05) is 13.1 Å². The van der Waals surface area contributed by atoms with E-state index < -0.39 is 15.7 Å². The fourth-order valence-electron chi connectivity index (χ4n) is 3.32. The van der Waals surface area contributed by atoms with E-state index >= 15 is 0 Å². The van der Waals surface area contributed by atoms with Gasteiger partial charge in [-0.2, -0.15) is 17.4 Å². The molecular weight excluding hydrogens is 306 g/mol. The van der Waals surface area contributed by atoms with Gasteiger partial charge in [0.05, 0.1) is 10.5 Å². The molecule has 122 valence electrons. The van der Waals surface area contributed by atoms with E-state index in [0.717, 1.165) is 64.2 Å². The number of hydrogen-bond acceptors (Lipinski definition) is 3. The number of nitrogens with one attached hydrogen (secondary N) is 1. The van der Waals surface area contributed by atoms with Crippen LogP contribution in [0.2, 0.25) is 0 Å². The maximum atomic E-state index is 12.7. The molecule has 0 aromatic rings. The van der Waals surface area contributed by atoms with Crippen LogP contribution in [0.3, 0.4) is 0 Å². The summed E-state index contributed by atoms with van der Waals surface area (Å²) >= 11 is 5.22. The first-order chi connectivity index (χ1) is 9.96. The quantitative estimate of drug-likeness (QED) is 0.610. The smallest absolute Gasteiger partial charge is 0.280 e. The Balaban J connectivity index is 2.16. The minimum atomic E-state index is -3.51. The fraction of sp³-hybridized carbons (Fsp3) is 0.929. The Labute approximate surface area is 133 Å². The lowest BCUT2D eigenvalue weighted by atomic mass is 9.91. The van der Waals surface area contributed by atoms with Crippen LogP contribution in [-0.2, 0) is 10.2 Å². The van der Waals surface area contributed by atoms with E-state index in [9.17, 15) is 8.42 Å². The molecule has 1 aliphatic carbocycles. The topological polar surface area (TPSA) is 75.4 Å². The second kappa shape index (κ2) is 7.35. The van der Waals surface area contributed by atoms with Crippen molar-refractivity contribution in [3.8, 4) is 0 Å². The van der Waals surface area contributed by atoms with E-state index in [0.29, 0.717) is 18.1 Å². The van der Waals surface area contributed by atoms with Crippen LogP contribution in [0, 0.1) is 0 Å². The highest BCUT2D eigenvalue weighted by molar-refractivity contribution is 7.87. The van der Waals surface area contributed by atoms with Crippen molar-refractivity contribution in [1.82, 2.24) is 9.03 Å². The molecule has 1 saturated heterocycles. The zero-order valence-electron chi connectivity index (χ0n) is 12.6. The fourth-order valence-corrected chi connectivity index (χ4v) is 5.32. The Kier molecular flexibility index (Phi) is 5.99. The predicted octanol–water partition coefficient (Wildman–Crippen LogP) is 2.08. The van der Waals surface area contributed by atoms with Crippen LogP contribution < -0.4 is 10.5 Å². The Morgan fingerprint density at radius 2 is 1.43 bits per heavy atom. The van der Waals surface area contributed by atoms with Gasteiger partial charge in [0, 0.05) is 13.1 Å². The molecule has 2 rings (SSSR count). The SMILES string of the molecule is NC(=S)C1(NS(=O)(=O)N2CCCCCC2)CCCCCC1. The van der Waals surface area contributed by atoms with Crippen LogP contribution in [0.25, 0.3) is 0 Å². The second-order valence-corrected chi connectivity index (χ2v) is 8.39. The van der Waals surface area contributed by atoms with Crippen LogP contribution >= 0.6 is 12.2 Å². The first kappa shape index (κ1) is 17.1. The number of nitrogens with two attached hydrogens (primary N) is 1. The summed E-state index contributed by atoms with van der Waals surface area (Å²) in [4.78, 5) is 0.294. The molecule has 2 fully saturated rings. The normalized spacial score (nSPS) is 25.0. The predicted molar refractivity (Wildman–Crippen MR) is 89.3 cm³/mol. The first-order valence-corrected chi connectivity index (χ1v) is 9.90. The van der Waals surface area contributed by atoms with Crippen LogP contribution in [0.4, 0.5) is 0 Å². The maximum absolute atomic E-state index is 12.7. The summed E-state index contributed by atoms with van der Waals surface area (Å²) < 4.78 is 29.9. The largest absolute Gasteiger partial charge is 0.392 e. The standard InChI is InChI=1S/C14H27N3O2S2/c15-13(20)14(9-5-1-2-6-10-14)16-21(18,19)17-11-7-3-4-8-12-17/h16H,1-12H2,(H2,15,20). The molecule has 5 nitrogen and oxygen atoms in total. The summed E-state index contributed by atoms with van der Waals surface area (Å²) in [7, 11) is -3.51. The van der Waals surface area contributed by atoms with E-state index in [4.69, 9.17) is 18.0 Å². The highest BCUT2D eigenvalue weighted by Gasteiger charge is 2.39. The summed E-state index contributed by atoms with van der Waals surface area (Å²) in [5, 5.41) is 0. The van der Waals surface area contributed by atoms with Gasteiger partial charge in [0.2, 0.25) is 0 Å². The molecule has 0 atom stereocenters. The molecule has 0 bridgehead atoms. The summed E-state index contributed by atoms with van der Waals surface area (Å²) in [5.74, 6) is 0. The molecule has 0 radical (unpaired) electrons. The van der Waals surface area contributed by atoms with Crippen molar-refractivity contribution in [3.05, 3.63) is 0 Å². The second-order valence-electron chi connectivity index (χ2n) is 6.28.